The second-order valence-corrected chi connectivity index (χ2v) is 5.28. The van der Waals surface area contributed by atoms with Gasteiger partial charge in [0, 0.05) is 10.9 Å². The molecule has 0 spiro atoms. The van der Waals surface area contributed by atoms with E-state index in [2.05, 4.69) is 0 Å². The van der Waals surface area contributed by atoms with Gasteiger partial charge >= 0.3 is 6.18 Å². The maximum Gasteiger partial charge on any atom is 0.416 e. The van der Waals surface area contributed by atoms with Crippen molar-refractivity contribution in [1.82, 2.24) is 0 Å². The van der Waals surface area contributed by atoms with Crippen molar-refractivity contribution in [3.05, 3.63) is 70.2 Å². The molecule has 0 aliphatic rings. The van der Waals surface area contributed by atoms with Crippen LogP contribution >= 0.6 is 11.6 Å². The fourth-order valence-corrected chi connectivity index (χ4v) is 2.44. The summed E-state index contributed by atoms with van der Waals surface area (Å²) in [5.74, 6) is -0.175. The van der Waals surface area contributed by atoms with Crippen LogP contribution in [-0.4, -0.2) is 6.54 Å². The van der Waals surface area contributed by atoms with E-state index in [1.54, 1.807) is 30.3 Å². The van der Waals surface area contributed by atoms with E-state index in [0.717, 1.165) is 11.6 Å². The lowest BCUT2D eigenvalue weighted by Crippen LogP contribution is -2.17. The van der Waals surface area contributed by atoms with E-state index >= 15 is 0 Å². The molecule has 0 amide bonds. The first-order valence-corrected chi connectivity index (χ1v) is 6.90. The smallest absolute Gasteiger partial charge is 0.330 e. The fourth-order valence-electron chi connectivity index (χ4n) is 2.31. The van der Waals surface area contributed by atoms with E-state index < -0.39 is 11.7 Å². The summed E-state index contributed by atoms with van der Waals surface area (Å²) in [6.45, 7) is 0.272. The van der Waals surface area contributed by atoms with Crippen molar-refractivity contribution < 1.29 is 13.2 Å². The van der Waals surface area contributed by atoms with Crippen LogP contribution < -0.4 is 5.73 Å². The van der Waals surface area contributed by atoms with Crippen molar-refractivity contribution in [1.29, 1.82) is 0 Å². The zero-order valence-electron chi connectivity index (χ0n) is 11.2. The molecule has 5 heteroatoms. The highest BCUT2D eigenvalue weighted by molar-refractivity contribution is 6.30. The SMILES string of the molecule is NCC(Cc1ccccc1C(F)(F)F)c1ccc(Cl)cc1. The topological polar surface area (TPSA) is 26.0 Å². The van der Waals surface area contributed by atoms with Gasteiger partial charge in [0.25, 0.3) is 0 Å². The van der Waals surface area contributed by atoms with Gasteiger partial charge in [0.15, 0.2) is 0 Å². The largest absolute Gasteiger partial charge is 0.416 e. The Morgan fingerprint density at radius 1 is 1.00 bits per heavy atom. The third-order valence-electron chi connectivity index (χ3n) is 3.42. The lowest BCUT2D eigenvalue weighted by atomic mass is 9.90. The van der Waals surface area contributed by atoms with Crippen molar-refractivity contribution in [2.75, 3.05) is 6.54 Å². The zero-order chi connectivity index (χ0) is 15.5. The van der Waals surface area contributed by atoms with Gasteiger partial charge in [-0.15, -0.1) is 0 Å². The number of alkyl halides is 3. The Bertz CT molecular complexity index is 593. The Morgan fingerprint density at radius 2 is 1.62 bits per heavy atom. The predicted molar refractivity (Wildman–Crippen MR) is 78.4 cm³/mol. The third-order valence-corrected chi connectivity index (χ3v) is 3.67. The molecule has 1 unspecified atom stereocenters. The normalized spacial score (nSPS) is 13.2. The summed E-state index contributed by atoms with van der Waals surface area (Å²) in [6.07, 6.45) is -4.11. The Kier molecular flexibility index (Phi) is 4.91. The van der Waals surface area contributed by atoms with Gasteiger partial charge in [-0.05, 0) is 42.3 Å². The first kappa shape index (κ1) is 15.9. The van der Waals surface area contributed by atoms with Crippen LogP contribution in [0.5, 0.6) is 0 Å². The molecule has 0 heterocycles. The van der Waals surface area contributed by atoms with Gasteiger partial charge in [0.1, 0.15) is 0 Å². The molecule has 0 bridgehead atoms. The first-order valence-electron chi connectivity index (χ1n) is 6.52. The summed E-state index contributed by atoms with van der Waals surface area (Å²) >= 11 is 5.82. The maximum absolute atomic E-state index is 13.0. The Balaban J connectivity index is 2.29. The third kappa shape index (κ3) is 3.99. The van der Waals surface area contributed by atoms with E-state index in [0.29, 0.717) is 5.02 Å². The molecule has 0 radical (unpaired) electrons. The molecule has 2 N–H and O–H groups in total. The number of rotatable bonds is 4. The van der Waals surface area contributed by atoms with Gasteiger partial charge in [-0.25, -0.2) is 0 Å². The standard InChI is InChI=1S/C16H15ClF3N/c17-14-7-5-11(6-8-14)13(10-21)9-12-3-1-2-4-15(12)16(18,19)20/h1-8,13H,9-10,21H2. The van der Waals surface area contributed by atoms with E-state index in [4.69, 9.17) is 17.3 Å². The molecule has 1 atom stereocenters. The fraction of sp³-hybridized carbons (Fsp3) is 0.250. The second kappa shape index (κ2) is 6.50. The summed E-state index contributed by atoms with van der Waals surface area (Å²) in [7, 11) is 0. The van der Waals surface area contributed by atoms with E-state index in [9.17, 15) is 13.2 Å². The molecule has 2 aromatic rings. The molecule has 2 rings (SSSR count). The van der Waals surface area contributed by atoms with Crippen LogP contribution in [0.2, 0.25) is 5.02 Å². The number of nitrogens with two attached hydrogens (primary N) is 1. The maximum atomic E-state index is 13.0. The highest BCUT2D eigenvalue weighted by Gasteiger charge is 2.33. The van der Waals surface area contributed by atoms with Crippen LogP contribution in [0, 0.1) is 0 Å². The molecule has 0 saturated heterocycles. The summed E-state index contributed by atoms with van der Waals surface area (Å²) in [5.41, 5.74) is 6.28. The van der Waals surface area contributed by atoms with Gasteiger partial charge < -0.3 is 5.73 Å². The van der Waals surface area contributed by atoms with Crippen LogP contribution in [0.25, 0.3) is 0 Å². The minimum atomic E-state index is -4.35. The molecule has 1 nitrogen and oxygen atoms in total. The molecule has 21 heavy (non-hydrogen) atoms. The van der Waals surface area contributed by atoms with Crippen molar-refractivity contribution in [3.63, 3.8) is 0 Å². The summed E-state index contributed by atoms with van der Waals surface area (Å²) in [6, 6.07) is 12.6. The Labute approximate surface area is 126 Å². The number of benzene rings is 2. The quantitative estimate of drug-likeness (QED) is 0.874. The number of hydrogen-bond acceptors (Lipinski definition) is 1. The van der Waals surface area contributed by atoms with Gasteiger partial charge in [-0.1, -0.05) is 41.9 Å². The Morgan fingerprint density at radius 3 is 2.19 bits per heavy atom. The minimum absolute atomic E-state index is 0.175. The number of halogens is 4. The Hall–Kier alpha value is -1.52. The van der Waals surface area contributed by atoms with E-state index in [-0.39, 0.29) is 24.4 Å². The number of hydrogen-bond donors (Lipinski definition) is 1. The van der Waals surface area contributed by atoms with E-state index in [1.807, 2.05) is 0 Å². The van der Waals surface area contributed by atoms with Gasteiger partial charge in [-0.2, -0.15) is 13.2 Å². The molecule has 0 saturated carbocycles. The van der Waals surface area contributed by atoms with Crippen LogP contribution in [-0.2, 0) is 12.6 Å². The summed E-state index contributed by atoms with van der Waals surface area (Å²) < 4.78 is 39.0. The predicted octanol–water partition coefficient (Wildman–Crippen LogP) is 4.64. The lowest BCUT2D eigenvalue weighted by Gasteiger charge is -2.19. The molecule has 2 aromatic carbocycles. The summed E-state index contributed by atoms with van der Waals surface area (Å²) in [4.78, 5) is 0. The van der Waals surface area contributed by atoms with Crippen LogP contribution in [0.1, 0.15) is 22.6 Å². The van der Waals surface area contributed by atoms with Crippen molar-refractivity contribution in [3.8, 4) is 0 Å². The van der Waals surface area contributed by atoms with Crippen LogP contribution in [0.3, 0.4) is 0 Å². The molecule has 0 aliphatic carbocycles. The summed E-state index contributed by atoms with van der Waals surface area (Å²) in [5, 5.41) is 0.588. The van der Waals surface area contributed by atoms with Crippen LogP contribution in [0.15, 0.2) is 48.5 Å². The average molecular weight is 314 g/mol. The second-order valence-electron chi connectivity index (χ2n) is 4.84. The van der Waals surface area contributed by atoms with Crippen molar-refractivity contribution in [2.45, 2.75) is 18.5 Å². The van der Waals surface area contributed by atoms with Crippen LogP contribution in [0.4, 0.5) is 13.2 Å². The highest BCUT2D eigenvalue weighted by Crippen LogP contribution is 2.34. The van der Waals surface area contributed by atoms with Crippen molar-refractivity contribution >= 4 is 11.6 Å². The van der Waals surface area contributed by atoms with Gasteiger partial charge in [0.05, 0.1) is 5.56 Å². The molecule has 0 aromatic heterocycles. The van der Waals surface area contributed by atoms with Gasteiger partial charge in [-0.3, -0.25) is 0 Å². The first-order chi connectivity index (χ1) is 9.91. The van der Waals surface area contributed by atoms with E-state index in [1.165, 1.54) is 12.1 Å². The zero-order valence-corrected chi connectivity index (χ0v) is 12.0. The minimum Gasteiger partial charge on any atom is -0.330 e. The van der Waals surface area contributed by atoms with Gasteiger partial charge in [0.2, 0.25) is 0 Å². The highest BCUT2D eigenvalue weighted by atomic mass is 35.5. The average Bonchev–Trinajstić information content (AvgIpc) is 2.45. The molecule has 0 fully saturated rings. The monoisotopic (exact) mass is 313 g/mol. The molecule has 112 valence electrons. The van der Waals surface area contributed by atoms with Crippen molar-refractivity contribution in [2.24, 2.45) is 5.73 Å². The molecule has 0 aliphatic heterocycles. The lowest BCUT2D eigenvalue weighted by molar-refractivity contribution is -0.138. The molecular formula is C16H15ClF3N. The molecular weight excluding hydrogens is 299 g/mol.